The van der Waals surface area contributed by atoms with E-state index in [0.29, 0.717) is 5.75 Å². The third kappa shape index (κ3) is 6.05. The first kappa shape index (κ1) is 12.9. The summed E-state index contributed by atoms with van der Waals surface area (Å²) in [5, 5.41) is 2.81. The minimum Gasteiger partial charge on any atom is -0.320 e. The zero-order valence-corrected chi connectivity index (χ0v) is 9.65. The third-order valence-electron chi connectivity index (χ3n) is 2.07. The van der Waals surface area contributed by atoms with Crippen LogP contribution in [0.2, 0.25) is 0 Å². The predicted molar refractivity (Wildman–Crippen MR) is 56.7 cm³/mol. The number of hydrogen-bond acceptors (Lipinski definition) is 3. The van der Waals surface area contributed by atoms with Gasteiger partial charge in [0.15, 0.2) is 9.84 Å². The van der Waals surface area contributed by atoms with E-state index in [2.05, 4.69) is 5.32 Å². The van der Waals surface area contributed by atoms with Crippen LogP contribution in [0.1, 0.15) is 33.1 Å². The lowest BCUT2D eigenvalue weighted by atomic mass is 10.2. The zero-order valence-electron chi connectivity index (χ0n) is 8.84. The molecule has 0 aromatic rings. The predicted octanol–water partition coefficient (Wildman–Crippen LogP) is 1.20. The van der Waals surface area contributed by atoms with Gasteiger partial charge in [-0.25, -0.2) is 8.42 Å². The van der Waals surface area contributed by atoms with Crippen molar-refractivity contribution in [3.05, 3.63) is 0 Å². The first-order chi connectivity index (χ1) is 6.00. The van der Waals surface area contributed by atoms with Crippen molar-refractivity contribution in [1.82, 2.24) is 5.32 Å². The number of rotatable bonds is 7. The molecule has 0 aromatic heterocycles. The van der Waals surface area contributed by atoms with Crippen LogP contribution >= 0.6 is 0 Å². The van der Waals surface area contributed by atoms with Gasteiger partial charge in [0.25, 0.3) is 0 Å². The molecule has 0 aliphatic carbocycles. The average molecular weight is 207 g/mol. The van der Waals surface area contributed by atoms with E-state index >= 15 is 0 Å². The molecule has 0 bridgehead atoms. The Labute approximate surface area is 81.8 Å². The first-order valence-electron chi connectivity index (χ1n) is 4.87. The van der Waals surface area contributed by atoms with Gasteiger partial charge in [0.2, 0.25) is 0 Å². The van der Waals surface area contributed by atoms with Crippen molar-refractivity contribution in [2.45, 2.75) is 38.4 Å². The first-order valence-corrected chi connectivity index (χ1v) is 6.58. The van der Waals surface area contributed by atoms with Gasteiger partial charge < -0.3 is 5.32 Å². The second-order valence-corrected chi connectivity index (χ2v) is 6.26. The van der Waals surface area contributed by atoms with Crippen LogP contribution in [0.5, 0.6) is 0 Å². The summed E-state index contributed by atoms with van der Waals surface area (Å²) in [5.41, 5.74) is 0. The molecular weight excluding hydrogens is 186 g/mol. The van der Waals surface area contributed by atoms with Crippen molar-refractivity contribution < 1.29 is 8.42 Å². The van der Waals surface area contributed by atoms with E-state index in [9.17, 15) is 8.42 Å². The fourth-order valence-electron chi connectivity index (χ4n) is 1.02. The lowest BCUT2D eigenvalue weighted by Crippen LogP contribution is -2.17. The molecule has 0 rings (SSSR count). The molecular formula is C9H21NO2S. The van der Waals surface area contributed by atoms with Gasteiger partial charge in [-0.05, 0) is 40.3 Å². The highest BCUT2D eigenvalue weighted by atomic mass is 32.2. The van der Waals surface area contributed by atoms with Crippen molar-refractivity contribution in [1.29, 1.82) is 0 Å². The summed E-state index contributed by atoms with van der Waals surface area (Å²) in [6, 6.07) is 0. The van der Waals surface area contributed by atoms with Crippen molar-refractivity contribution in [2.24, 2.45) is 0 Å². The van der Waals surface area contributed by atoms with Gasteiger partial charge in [-0.2, -0.15) is 0 Å². The maximum absolute atomic E-state index is 11.3. The molecule has 0 saturated heterocycles. The number of sulfone groups is 1. The van der Waals surface area contributed by atoms with E-state index in [0.717, 1.165) is 25.8 Å². The highest BCUT2D eigenvalue weighted by Crippen LogP contribution is 2.05. The lowest BCUT2D eigenvalue weighted by molar-refractivity contribution is 0.579. The summed E-state index contributed by atoms with van der Waals surface area (Å²) >= 11 is 0. The van der Waals surface area contributed by atoms with Gasteiger partial charge in [0, 0.05) is 0 Å². The molecule has 0 radical (unpaired) electrons. The molecule has 0 unspecified atom stereocenters. The van der Waals surface area contributed by atoms with Crippen molar-refractivity contribution in [3.8, 4) is 0 Å². The Morgan fingerprint density at radius 2 is 1.77 bits per heavy atom. The average Bonchev–Trinajstić information content (AvgIpc) is 2.03. The fraction of sp³-hybridized carbons (Fsp3) is 1.00. The molecule has 1 N–H and O–H groups in total. The summed E-state index contributed by atoms with van der Waals surface area (Å²) in [7, 11) is -0.898. The Balaban J connectivity index is 3.53. The normalized spacial score (nSPS) is 12.3. The molecule has 3 nitrogen and oxygen atoms in total. The molecule has 4 heteroatoms. The van der Waals surface area contributed by atoms with E-state index in [1.54, 1.807) is 13.8 Å². The Morgan fingerprint density at radius 1 is 1.15 bits per heavy atom. The van der Waals surface area contributed by atoms with Crippen molar-refractivity contribution in [2.75, 3.05) is 19.3 Å². The van der Waals surface area contributed by atoms with Crippen LogP contribution in [0.4, 0.5) is 0 Å². The highest BCUT2D eigenvalue weighted by Gasteiger charge is 2.14. The van der Waals surface area contributed by atoms with Crippen molar-refractivity contribution in [3.63, 3.8) is 0 Å². The quantitative estimate of drug-likeness (QED) is 0.638. The third-order valence-corrected chi connectivity index (χ3v) is 4.37. The Hall–Kier alpha value is -0.0900. The minimum absolute atomic E-state index is 0.225. The maximum atomic E-state index is 11.3. The molecule has 0 amide bonds. The summed E-state index contributed by atoms with van der Waals surface area (Å²) in [5.74, 6) is 0.342. The van der Waals surface area contributed by atoms with E-state index in [-0.39, 0.29) is 5.25 Å². The van der Waals surface area contributed by atoms with Gasteiger partial charge >= 0.3 is 0 Å². The minimum atomic E-state index is -2.81. The van der Waals surface area contributed by atoms with E-state index < -0.39 is 9.84 Å². The molecule has 0 aromatic carbocycles. The van der Waals surface area contributed by atoms with E-state index in [4.69, 9.17) is 0 Å². The van der Waals surface area contributed by atoms with E-state index in [1.807, 2.05) is 7.05 Å². The largest absolute Gasteiger partial charge is 0.320 e. The van der Waals surface area contributed by atoms with Crippen LogP contribution in [0, 0.1) is 0 Å². The van der Waals surface area contributed by atoms with Crippen LogP contribution in [-0.2, 0) is 9.84 Å². The molecule has 13 heavy (non-hydrogen) atoms. The van der Waals surface area contributed by atoms with E-state index in [1.165, 1.54) is 0 Å². The second kappa shape index (κ2) is 6.38. The molecule has 0 aliphatic heterocycles. The van der Waals surface area contributed by atoms with Gasteiger partial charge in [-0.1, -0.05) is 6.42 Å². The standard InChI is InChI=1S/C9H21NO2S/c1-9(2)13(11,12)8-6-4-5-7-10-3/h9-10H,4-8H2,1-3H3. The molecule has 0 spiro atoms. The Bertz CT molecular complexity index is 210. The number of hydrogen-bond donors (Lipinski definition) is 1. The summed E-state index contributed by atoms with van der Waals surface area (Å²) in [4.78, 5) is 0. The van der Waals surface area contributed by atoms with Crippen molar-refractivity contribution >= 4 is 9.84 Å². The second-order valence-electron chi connectivity index (χ2n) is 3.58. The van der Waals surface area contributed by atoms with Crippen LogP contribution in [0.25, 0.3) is 0 Å². The SMILES string of the molecule is CNCCCCCS(=O)(=O)C(C)C. The maximum Gasteiger partial charge on any atom is 0.152 e. The molecule has 0 aliphatic rings. The summed E-state index contributed by atoms with van der Waals surface area (Å²) in [6.07, 6.45) is 2.85. The lowest BCUT2D eigenvalue weighted by Gasteiger charge is -2.06. The van der Waals surface area contributed by atoms with Gasteiger partial charge in [0.1, 0.15) is 0 Å². The monoisotopic (exact) mass is 207 g/mol. The molecule has 0 fully saturated rings. The van der Waals surface area contributed by atoms with Crippen LogP contribution in [-0.4, -0.2) is 33.0 Å². The Morgan fingerprint density at radius 3 is 2.23 bits per heavy atom. The molecule has 0 saturated carbocycles. The van der Waals surface area contributed by atoms with Crippen LogP contribution in [0.15, 0.2) is 0 Å². The molecule has 80 valence electrons. The smallest absolute Gasteiger partial charge is 0.152 e. The molecule has 0 heterocycles. The van der Waals surface area contributed by atoms with Gasteiger partial charge in [-0.3, -0.25) is 0 Å². The number of unbranched alkanes of at least 4 members (excludes halogenated alkanes) is 2. The van der Waals surface area contributed by atoms with Gasteiger partial charge in [-0.15, -0.1) is 0 Å². The number of nitrogens with one attached hydrogen (secondary N) is 1. The molecule has 0 atom stereocenters. The Kier molecular flexibility index (Phi) is 6.33. The van der Waals surface area contributed by atoms with Crippen LogP contribution in [0.3, 0.4) is 0 Å². The van der Waals surface area contributed by atoms with Crippen LogP contribution < -0.4 is 5.32 Å². The van der Waals surface area contributed by atoms with Gasteiger partial charge in [0.05, 0.1) is 11.0 Å². The summed E-state index contributed by atoms with van der Waals surface area (Å²) in [6.45, 7) is 4.45. The summed E-state index contributed by atoms with van der Waals surface area (Å²) < 4.78 is 22.7. The highest BCUT2D eigenvalue weighted by molar-refractivity contribution is 7.91. The zero-order chi connectivity index (χ0) is 10.3. The fourth-order valence-corrected chi connectivity index (χ4v) is 2.10. The topological polar surface area (TPSA) is 46.2 Å².